The van der Waals surface area contributed by atoms with E-state index in [-0.39, 0.29) is 35.8 Å². The molecule has 1 aromatic carbocycles. The monoisotopic (exact) mass is 629 g/mol. The van der Waals surface area contributed by atoms with Gasteiger partial charge in [0.25, 0.3) is 0 Å². The van der Waals surface area contributed by atoms with Crippen LogP contribution in [0.3, 0.4) is 0 Å². The van der Waals surface area contributed by atoms with Gasteiger partial charge < -0.3 is 38.6 Å². The average molecular weight is 630 g/mol. The Morgan fingerprint density at radius 1 is 1.02 bits per heavy atom. The summed E-state index contributed by atoms with van der Waals surface area (Å²) in [6.07, 6.45) is -2.64. The van der Waals surface area contributed by atoms with Gasteiger partial charge in [-0.2, -0.15) is 0 Å². The zero-order chi connectivity index (χ0) is 32.1. The van der Waals surface area contributed by atoms with Gasteiger partial charge in [0.05, 0.1) is 24.4 Å². The molecule has 1 heterocycles. The number of rotatable bonds is 9. The average Bonchev–Trinajstić information content (AvgIpc) is 3.40. The predicted octanol–water partition coefficient (Wildman–Crippen LogP) is 1.68. The van der Waals surface area contributed by atoms with Gasteiger partial charge in [-0.3, -0.25) is 9.69 Å². The van der Waals surface area contributed by atoms with Crippen molar-refractivity contribution < 1.29 is 48.2 Å². The minimum absolute atomic E-state index is 0.101. The molecule has 45 heavy (non-hydrogen) atoms. The highest BCUT2D eigenvalue weighted by Crippen LogP contribution is 2.80. The van der Waals surface area contributed by atoms with Crippen molar-refractivity contribution in [3.05, 3.63) is 35.9 Å². The van der Waals surface area contributed by atoms with Crippen LogP contribution in [0.4, 0.5) is 0 Å². The highest BCUT2D eigenvalue weighted by molar-refractivity contribution is 5.89. The molecular weight excluding hydrogens is 582 g/mol. The molecule has 0 aromatic heterocycles. The quantitative estimate of drug-likeness (QED) is 0.387. The van der Waals surface area contributed by atoms with E-state index in [9.17, 15) is 19.8 Å². The van der Waals surface area contributed by atoms with E-state index in [1.807, 2.05) is 6.07 Å². The summed E-state index contributed by atoms with van der Waals surface area (Å²) in [5.41, 5.74) is -3.92. The number of methoxy groups -OCH3 is 4. The molecule has 1 saturated heterocycles. The number of aliphatic hydroxyl groups is 2. The normalized spacial score (nSPS) is 49.1. The third kappa shape index (κ3) is 3.66. The van der Waals surface area contributed by atoms with Gasteiger partial charge in [0.1, 0.15) is 23.9 Å². The number of nitrogens with zero attached hydrogens (tertiary/aromatic N) is 1. The molecule has 1 spiro atoms. The minimum Gasteiger partial charge on any atom is -0.455 e. The fraction of sp³-hybridized carbons (Fsp3) is 0.765. The Morgan fingerprint density at radius 3 is 2.36 bits per heavy atom. The number of likely N-dealkylation sites (tertiary alicyclic amines) is 1. The maximum atomic E-state index is 13.7. The van der Waals surface area contributed by atoms with E-state index >= 15 is 0 Å². The molecule has 0 radical (unpaired) electrons. The summed E-state index contributed by atoms with van der Waals surface area (Å²) in [4.78, 5) is 29.4. The van der Waals surface area contributed by atoms with Crippen LogP contribution in [0.2, 0.25) is 0 Å². The van der Waals surface area contributed by atoms with E-state index in [0.717, 1.165) is 19.4 Å². The summed E-state index contributed by atoms with van der Waals surface area (Å²) in [5, 5.41) is 25.3. The SMILES string of the molecule is CCN1C[C@]2(COC)CCC(OC)[C@@]34C5C[C@]6(O)C(OC)C(O)[C@@](OC(C)=O)(C5C6OC(=O)c5ccccc5)C(C(OC)C23)C14. The van der Waals surface area contributed by atoms with Gasteiger partial charge in [0.2, 0.25) is 0 Å². The molecule has 5 saturated carbocycles. The van der Waals surface area contributed by atoms with Gasteiger partial charge in [-0.25, -0.2) is 4.79 Å². The van der Waals surface area contributed by atoms with Crippen molar-refractivity contribution in [1.29, 1.82) is 0 Å². The van der Waals surface area contributed by atoms with Crippen molar-refractivity contribution in [1.82, 2.24) is 4.90 Å². The number of fused-ring (bicyclic) bond motifs is 2. The Balaban J connectivity index is 1.52. The molecule has 11 nitrogen and oxygen atoms in total. The first-order valence-electron chi connectivity index (χ1n) is 16.2. The number of aliphatic hydroxyl groups excluding tert-OH is 1. The van der Waals surface area contributed by atoms with E-state index in [1.165, 1.54) is 14.0 Å². The fourth-order valence-corrected chi connectivity index (χ4v) is 12.4. The molecular formula is C34H47NO10. The topological polar surface area (TPSA) is 133 Å². The Bertz CT molecular complexity index is 1330. The highest BCUT2D eigenvalue weighted by Gasteiger charge is 2.91. The zero-order valence-corrected chi connectivity index (χ0v) is 27.0. The Labute approximate surface area is 264 Å². The molecule has 7 bridgehead atoms. The van der Waals surface area contributed by atoms with Gasteiger partial charge in [-0.15, -0.1) is 0 Å². The van der Waals surface area contributed by atoms with Crippen molar-refractivity contribution in [3.63, 3.8) is 0 Å². The van der Waals surface area contributed by atoms with Crippen LogP contribution in [0.25, 0.3) is 0 Å². The number of esters is 2. The number of hydrogen-bond acceptors (Lipinski definition) is 11. The highest BCUT2D eigenvalue weighted by atomic mass is 16.6. The van der Waals surface area contributed by atoms with E-state index in [4.69, 9.17) is 28.4 Å². The maximum absolute atomic E-state index is 13.7. The van der Waals surface area contributed by atoms with Crippen LogP contribution in [-0.4, -0.2) is 123 Å². The van der Waals surface area contributed by atoms with Crippen LogP contribution < -0.4 is 0 Å². The molecule has 6 fully saturated rings. The molecule has 7 rings (SSSR count). The number of ether oxygens (including phenoxy) is 6. The standard InChI is InChI=1S/C34H47NO10/c1-7-35-16-31(17-40-3)14-13-21(41-4)33-20-15-32(39)28(44-30(38)19-11-9-8-10-12-19)22(20)34(45-18(2)36,27(37)29(32)43-6)23(26(33)35)24(42-5)25(31)33/h8-12,20-29,37,39H,7,13-17H2,1-6H3/t20?,21?,22?,23?,24?,25?,26?,27?,28?,29?,31-,32+,33-,34+/m0/s1. The maximum Gasteiger partial charge on any atom is 0.338 e. The van der Waals surface area contributed by atoms with Gasteiger partial charge in [-0.1, -0.05) is 25.1 Å². The van der Waals surface area contributed by atoms with Crippen LogP contribution in [0.1, 0.15) is 43.5 Å². The Hall–Kier alpha value is -2.12. The number of piperidine rings is 1. The van der Waals surface area contributed by atoms with Crippen LogP contribution >= 0.6 is 0 Å². The van der Waals surface area contributed by atoms with E-state index in [1.54, 1.807) is 45.6 Å². The summed E-state index contributed by atoms with van der Waals surface area (Å²) in [6, 6.07) is 8.42. The van der Waals surface area contributed by atoms with E-state index < -0.39 is 64.8 Å². The number of carbonyl (C=O) groups is 2. The number of carbonyl (C=O) groups excluding carboxylic acids is 2. The predicted molar refractivity (Wildman–Crippen MR) is 159 cm³/mol. The fourth-order valence-electron chi connectivity index (χ4n) is 12.4. The minimum atomic E-state index is -1.76. The molecule has 5 aliphatic carbocycles. The first-order valence-corrected chi connectivity index (χ1v) is 16.2. The van der Waals surface area contributed by atoms with E-state index in [2.05, 4.69) is 11.8 Å². The first kappa shape index (κ1) is 31.5. The van der Waals surface area contributed by atoms with Crippen molar-refractivity contribution >= 4 is 11.9 Å². The Morgan fingerprint density at radius 2 is 1.76 bits per heavy atom. The third-order valence-electron chi connectivity index (χ3n) is 13.0. The molecule has 10 unspecified atom stereocenters. The Kier molecular flexibility index (Phi) is 7.48. The van der Waals surface area contributed by atoms with Gasteiger partial charge in [0.15, 0.2) is 5.60 Å². The molecule has 2 N–H and O–H groups in total. The molecule has 6 aliphatic rings. The van der Waals surface area contributed by atoms with Gasteiger partial charge in [0, 0.05) is 76.5 Å². The number of benzene rings is 1. The molecule has 0 amide bonds. The van der Waals surface area contributed by atoms with Crippen molar-refractivity contribution in [3.8, 4) is 0 Å². The van der Waals surface area contributed by atoms with Crippen LogP contribution in [0.5, 0.6) is 0 Å². The lowest BCUT2D eigenvalue weighted by Gasteiger charge is -2.69. The first-order chi connectivity index (χ1) is 21.6. The molecule has 1 aromatic rings. The van der Waals surface area contributed by atoms with Gasteiger partial charge in [-0.05, 0) is 43.9 Å². The van der Waals surface area contributed by atoms with Crippen molar-refractivity contribution in [2.24, 2.45) is 34.5 Å². The summed E-state index contributed by atoms with van der Waals surface area (Å²) in [7, 11) is 6.59. The summed E-state index contributed by atoms with van der Waals surface area (Å²) >= 11 is 0. The van der Waals surface area contributed by atoms with Crippen molar-refractivity contribution in [2.45, 2.75) is 80.9 Å². The molecule has 11 heteroatoms. The largest absolute Gasteiger partial charge is 0.455 e. The van der Waals surface area contributed by atoms with Crippen LogP contribution in [-0.2, 0) is 33.2 Å². The lowest BCUT2D eigenvalue weighted by molar-refractivity contribution is -0.317. The van der Waals surface area contributed by atoms with E-state index in [0.29, 0.717) is 18.7 Å². The summed E-state index contributed by atoms with van der Waals surface area (Å²) in [5.74, 6) is -2.95. The molecule has 14 atom stereocenters. The van der Waals surface area contributed by atoms with Crippen LogP contribution in [0.15, 0.2) is 30.3 Å². The second-order valence-electron chi connectivity index (χ2n) is 14.3. The summed E-state index contributed by atoms with van der Waals surface area (Å²) < 4.78 is 37.7. The second-order valence-corrected chi connectivity index (χ2v) is 14.3. The lowest BCUT2D eigenvalue weighted by Crippen LogP contribution is -2.80. The molecule has 248 valence electrons. The zero-order valence-electron chi connectivity index (χ0n) is 27.0. The molecule has 1 aliphatic heterocycles. The smallest absolute Gasteiger partial charge is 0.338 e. The van der Waals surface area contributed by atoms with Crippen molar-refractivity contribution in [2.75, 3.05) is 48.1 Å². The van der Waals surface area contributed by atoms with Crippen LogP contribution in [0, 0.1) is 34.5 Å². The number of hydrogen-bond donors (Lipinski definition) is 2. The second kappa shape index (κ2) is 10.7. The third-order valence-corrected chi connectivity index (χ3v) is 13.0. The van der Waals surface area contributed by atoms with Gasteiger partial charge >= 0.3 is 11.9 Å². The lowest BCUT2D eigenvalue weighted by atomic mass is 9.43. The summed E-state index contributed by atoms with van der Waals surface area (Å²) in [6.45, 7) is 5.44.